The standard InChI is InChI=1S/C14H18O3S/c1-9(2)13(14(15)16)18(17)8-11-7-10-5-3-4-6-12(10)11/h3-6,9,11,13H,7-8H2,1-2H3,(H,15,16). The van der Waals surface area contributed by atoms with E-state index in [1.807, 2.05) is 32.0 Å². The van der Waals surface area contributed by atoms with Crippen molar-refractivity contribution in [3.05, 3.63) is 35.4 Å². The van der Waals surface area contributed by atoms with Crippen molar-refractivity contribution in [3.8, 4) is 0 Å². The van der Waals surface area contributed by atoms with E-state index in [2.05, 4.69) is 6.07 Å². The fraction of sp³-hybridized carbons (Fsp3) is 0.500. The lowest BCUT2D eigenvalue weighted by molar-refractivity contribution is -0.137. The molecule has 1 aromatic carbocycles. The van der Waals surface area contributed by atoms with E-state index in [-0.39, 0.29) is 11.8 Å². The molecule has 18 heavy (non-hydrogen) atoms. The Hall–Kier alpha value is -1.16. The number of aliphatic carboxylic acids is 1. The van der Waals surface area contributed by atoms with Gasteiger partial charge >= 0.3 is 5.97 Å². The van der Waals surface area contributed by atoms with Gasteiger partial charge in [-0.25, -0.2) is 0 Å². The lowest BCUT2D eigenvalue weighted by Gasteiger charge is -2.30. The molecule has 1 aliphatic carbocycles. The molecule has 1 aliphatic rings. The third kappa shape index (κ3) is 2.48. The lowest BCUT2D eigenvalue weighted by atomic mass is 9.79. The Morgan fingerprint density at radius 2 is 2.11 bits per heavy atom. The van der Waals surface area contributed by atoms with Gasteiger partial charge in [0.1, 0.15) is 5.25 Å². The number of carbonyl (C=O) groups is 1. The van der Waals surface area contributed by atoms with Gasteiger partial charge in [0, 0.05) is 16.6 Å². The van der Waals surface area contributed by atoms with Crippen molar-refractivity contribution in [1.82, 2.24) is 0 Å². The van der Waals surface area contributed by atoms with Gasteiger partial charge in [0.15, 0.2) is 0 Å². The molecule has 0 saturated heterocycles. The molecule has 3 nitrogen and oxygen atoms in total. The van der Waals surface area contributed by atoms with Crippen molar-refractivity contribution < 1.29 is 14.1 Å². The van der Waals surface area contributed by atoms with Crippen LogP contribution in [0.15, 0.2) is 24.3 Å². The number of carboxylic acids is 1. The highest BCUT2D eigenvalue weighted by atomic mass is 32.2. The highest BCUT2D eigenvalue weighted by molar-refractivity contribution is 7.86. The molecule has 0 fully saturated rings. The van der Waals surface area contributed by atoms with Crippen LogP contribution in [0.3, 0.4) is 0 Å². The molecular formula is C14H18O3S. The number of hydrogen-bond donors (Lipinski definition) is 1. The number of rotatable bonds is 5. The summed E-state index contributed by atoms with van der Waals surface area (Å²) in [6.07, 6.45) is 0.923. The quantitative estimate of drug-likeness (QED) is 0.888. The van der Waals surface area contributed by atoms with Gasteiger partial charge in [0.2, 0.25) is 0 Å². The van der Waals surface area contributed by atoms with E-state index < -0.39 is 22.0 Å². The van der Waals surface area contributed by atoms with Crippen LogP contribution < -0.4 is 0 Å². The zero-order valence-electron chi connectivity index (χ0n) is 10.6. The zero-order chi connectivity index (χ0) is 13.3. The number of hydrogen-bond acceptors (Lipinski definition) is 2. The maximum atomic E-state index is 12.2. The van der Waals surface area contributed by atoms with E-state index in [0.717, 1.165) is 6.42 Å². The molecule has 4 heteroatoms. The minimum Gasteiger partial charge on any atom is -0.480 e. The van der Waals surface area contributed by atoms with Crippen molar-refractivity contribution >= 4 is 16.8 Å². The molecular weight excluding hydrogens is 248 g/mol. The van der Waals surface area contributed by atoms with Crippen LogP contribution >= 0.6 is 0 Å². The molecule has 3 unspecified atom stereocenters. The van der Waals surface area contributed by atoms with Gasteiger partial charge in [0.05, 0.1) is 0 Å². The van der Waals surface area contributed by atoms with E-state index in [0.29, 0.717) is 5.75 Å². The normalized spacial score (nSPS) is 20.9. The highest BCUT2D eigenvalue weighted by Crippen LogP contribution is 2.35. The minimum atomic E-state index is -1.30. The van der Waals surface area contributed by atoms with Crippen LogP contribution in [0.4, 0.5) is 0 Å². The van der Waals surface area contributed by atoms with Gasteiger partial charge in [0.25, 0.3) is 0 Å². The monoisotopic (exact) mass is 266 g/mol. The zero-order valence-corrected chi connectivity index (χ0v) is 11.4. The first-order chi connectivity index (χ1) is 8.50. The first-order valence-electron chi connectivity index (χ1n) is 6.18. The average Bonchev–Trinajstić information content (AvgIpc) is 2.24. The van der Waals surface area contributed by atoms with E-state index in [4.69, 9.17) is 5.11 Å². The van der Waals surface area contributed by atoms with Gasteiger partial charge in [-0.1, -0.05) is 38.1 Å². The molecule has 0 bridgehead atoms. The minimum absolute atomic E-state index is 0.0985. The summed E-state index contributed by atoms with van der Waals surface area (Å²) >= 11 is 0. The Kier molecular flexibility index (Phi) is 3.85. The van der Waals surface area contributed by atoms with Gasteiger partial charge in [-0.2, -0.15) is 0 Å². The van der Waals surface area contributed by atoms with Gasteiger partial charge in [-0.3, -0.25) is 9.00 Å². The van der Waals surface area contributed by atoms with Crippen LogP contribution in [-0.2, 0) is 22.0 Å². The second kappa shape index (κ2) is 5.22. The van der Waals surface area contributed by atoms with Gasteiger partial charge in [-0.15, -0.1) is 0 Å². The fourth-order valence-electron chi connectivity index (χ4n) is 2.51. The number of fused-ring (bicyclic) bond motifs is 1. The van der Waals surface area contributed by atoms with E-state index in [1.54, 1.807) is 0 Å². The van der Waals surface area contributed by atoms with Crippen molar-refractivity contribution in [2.45, 2.75) is 31.4 Å². The summed E-state index contributed by atoms with van der Waals surface area (Å²) in [6.45, 7) is 3.62. The maximum absolute atomic E-state index is 12.2. The molecule has 3 atom stereocenters. The molecule has 1 N–H and O–H groups in total. The molecule has 0 amide bonds. The molecule has 0 spiro atoms. The van der Waals surface area contributed by atoms with Crippen molar-refractivity contribution in [3.63, 3.8) is 0 Å². The molecule has 0 saturated carbocycles. The Labute approximate surface area is 110 Å². The topological polar surface area (TPSA) is 54.4 Å². The van der Waals surface area contributed by atoms with Crippen LogP contribution in [-0.4, -0.2) is 26.3 Å². The second-order valence-corrected chi connectivity index (χ2v) is 6.75. The maximum Gasteiger partial charge on any atom is 0.319 e. The summed E-state index contributed by atoms with van der Waals surface area (Å²) in [5, 5.41) is 8.37. The summed E-state index contributed by atoms with van der Waals surface area (Å²) in [5.41, 5.74) is 2.54. The third-order valence-corrected chi connectivity index (χ3v) is 5.50. The Morgan fingerprint density at radius 3 is 2.67 bits per heavy atom. The second-order valence-electron chi connectivity index (χ2n) is 5.15. The first kappa shape index (κ1) is 13.3. The summed E-state index contributed by atoms with van der Waals surface area (Å²) < 4.78 is 12.2. The Bertz CT molecular complexity index is 482. The molecule has 0 aromatic heterocycles. The summed E-state index contributed by atoms with van der Waals surface area (Å²) in [7, 11) is -1.30. The van der Waals surface area contributed by atoms with Crippen molar-refractivity contribution in [1.29, 1.82) is 0 Å². The predicted octanol–water partition coefficient (Wildman–Crippen LogP) is 2.18. The van der Waals surface area contributed by atoms with Gasteiger partial charge in [-0.05, 0) is 29.4 Å². The van der Waals surface area contributed by atoms with Crippen molar-refractivity contribution in [2.75, 3.05) is 5.75 Å². The molecule has 0 radical (unpaired) electrons. The molecule has 0 aliphatic heterocycles. The molecule has 2 rings (SSSR count). The fourth-order valence-corrected chi connectivity index (χ4v) is 4.25. The third-order valence-electron chi connectivity index (χ3n) is 3.46. The molecule has 0 heterocycles. The van der Waals surface area contributed by atoms with Crippen LogP contribution in [0.1, 0.15) is 30.9 Å². The molecule has 98 valence electrons. The first-order valence-corrected chi connectivity index (χ1v) is 7.56. The van der Waals surface area contributed by atoms with E-state index >= 15 is 0 Å². The lowest BCUT2D eigenvalue weighted by Crippen LogP contribution is -2.35. The summed E-state index contributed by atoms with van der Waals surface area (Å²) in [6, 6.07) is 8.10. The highest BCUT2D eigenvalue weighted by Gasteiger charge is 2.33. The Morgan fingerprint density at radius 1 is 1.44 bits per heavy atom. The van der Waals surface area contributed by atoms with Crippen LogP contribution in [0.25, 0.3) is 0 Å². The molecule has 1 aromatic rings. The Balaban J connectivity index is 2.04. The average molecular weight is 266 g/mol. The van der Waals surface area contributed by atoms with Crippen molar-refractivity contribution in [2.24, 2.45) is 5.92 Å². The number of carboxylic acid groups (broad SMARTS) is 1. The summed E-state index contributed by atoms with van der Waals surface area (Å²) in [4.78, 5) is 11.1. The smallest absolute Gasteiger partial charge is 0.319 e. The van der Waals surface area contributed by atoms with E-state index in [9.17, 15) is 9.00 Å². The number of benzene rings is 1. The van der Waals surface area contributed by atoms with Crippen LogP contribution in [0.2, 0.25) is 0 Å². The van der Waals surface area contributed by atoms with Crippen LogP contribution in [0.5, 0.6) is 0 Å². The summed E-state index contributed by atoms with van der Waals surface area (Å²) in [5.74, 6) is -0.316. The van der Waals surface area contributed by atoms with Gasteiger partial charge < -0.3 is 5.11 Å². The SMILES string of the molecule is CC(C)C(C(=O)O)S(=O)CC1Cc2ccccc21. The van der Waals surface area contributed by atoms with E-state index in [1.165, 1.54) is 11.1 Å². The predicted molar refractivity (Wildman–Crippen MR) is 72.2 cm³/mol. The van der Waals surface area contributed by atoms with Crippen LogP contribution in [0, 0.1) is 5.92 Å². The largest absolute Gasteiger partial charge is 0.480 e.